The molecule has 1 rings (SSSR count). The van der Waals surface area contributed by atoms with Crippen molar-refractivity contribution in [2.75, 3.05) is 6.54 Å². The van der Waals surface area contributed by atoms with E-state index in [1.807, 2.05) is 0 Å². The first-order chi connectivity index (χ1) is 6.57. The lowest BCUT2D eigenvalue weighted by molar-refractivity contribution is -0.122. The van der Waals surface area contributed by atoms with Gasteiger partial charge in [-0.15, -0.1) is 0 Å². The van der Waals surface area contributed by atoms with E-state index in [1.54, 1.807) is 0 Å². The summed E-state index contributed by atoms with van der Waals surface area (Å²) in [6.45, 7) is 5.10. The smallest absolute Gasteiger partial charge is 0.236 e. The van der Waals surface area contributed by atoms with E-state index in [2.05, 4.69) is 19.2 Å². The minimum absolute atomic E-state index is 0.0200. The first kappa shape index (κ1) is 11.5. The number of carbonyl (C=O) groups excluding carboxylic acids is 1. The molecule has 1 atom stereocenters. The third-order valence-electron chi connectivity index (χ3n) is 3.00. The molecule has 0 unspecified atom stereocenters. The summed E-state index contributed by atoms with van der Waals surface area (Å²) in [6, 6.07) is -0.308. The van der Waals surface area contributed by atoms with Crippen LogP contribution in [-0.4, -0.2) is 18.5 Å². The molecule has 1 amide bonds. The van der Waals surface area contributed by atoms with Crippen molar-refractivity contribution in [1.29, 1.82) is 0 Å². The predicted octanol–water partition coefficient (Wildman–Crippen LogP) is 1.42. The average Bonchev–Trinajstić information content (AvgIpc) is 2.90. The summed E-state index contributed by atoms with van der Waals surface area (Å²) in [5.41, 5.74) is 6.12. The van der Waals surface area contributed by atoms with Gasteiger partial charge in [-0.25, -0.2) is 0 Å². The van der Waals surface area contributed by atoms with Crippen LogP contribution >= 0.6 is 0 Å². The molecule has 14 heavy (non-hydrogen) atoms. The fourth-order valence-electron chi connectivity index (χ4n) is 1.38. The zero-order valence-corrected chi connectivity index (χ0v) is 9.31. The number of nitrogens with two attached hydrogens (primary N) is 1. The van der Waals surface area contributed by atoms with Crippen LogP contribution in [0.5, 0.6) is 0 Å². The van der Waals surface area contributed by atoms with Crippen molar-refractivity contribution >= 4 is 5.91 Å². The van der Waals surface area contributed by atoms with Crippen LogP contribution in [0.15, 0.2) is 0 Å². The van der Waals surface area contributed by atoms with Gasteiger partial charge in [-0.05, 0) is 24.7 Å². The number of rotatable bonds is 6. The van der Waals surface area contributed by atoms with Crippen LogP contribution < -0.4 is 11.1 Å². The Bertz CT molecular complexity index is 199. The zero-order valence-electron chi connectivity index (χ0n) is 9.31. The number of hydrogen-bond donors (Lipinski definition) is 2. The van der Waals surface area contributed by atoms with Crippen LogP contribution in [0, 0.1) is 5.41 Å². The summed E-state index contributed by atoms with van der Waals surface area (Å²) in [5, 5.41) is 2.93. The van der Waals surface area contributed by atoms with Crippen LogP contribution in [0.25, 0.3) is 0 Å². The molecule has 0 radical (unpaired) electrons. The summed E-state index contributed by atoms with van der Waals surface area (Å²) in [5.74, 6) is 0.0200. The first-order valence-corrected chi connectivity index (χ1v) is 5.61. The van der Waals surface area contributed by atoms with Crippen molar-refractivity contribution in [2.45, 2.75) is 52.0 Å². The van der Waals surface area contributed by atoms with E-state index in [9.17, 15) is 4.79 Å². The predicted molar refractivity (Wildman–Crippen MR) is 57.9 cm³/mol. The molecule has 0 bridgehead atoms. The van der Waals surface area contributed by atoms with Crippen molar-refractivity contribution in [2.24, 2.45) is 11.1 Å². The lowest BCUT2D eigenvalue weighted by Gasteiger charge is -2.14. The molecule has 1 aliphatic rings. The minimum atomic E-state index is -0.308. The van der Waals surface area contributed by atoms with Gasteiger partial charge in [0.2, 0.25) is 5.91 Å². The van der Waals surface area contributed by atoms with E-state index >= 15 is 0 Å². The third-order valence-corrected chi connectivity index (χ3v) is 3.00. The van der Waals surface area contributed by atoms with E-state index in [1.165, 1.54) is 12.8 Å². The molecule has 0 aliphatic heterocycles. The van der Waals surface area contributed by atoms with Crippen molar-refractivity contribution in [3.05, 3.63) is 0 Å². The Morgan fingerprint density at radius 3 is 2.71 bits per heavy atom. The summed E-state index contributed by atoms with van der Waals surface area (Å²) < 4.78 is 0. The highest BCUT2D eigenvalue weighted by Gasteiger charge is 2.37. The van der Waals surface area contributed by atoms with Crippen LogP contribution in [0.1, 0.15) is 46.0 Å². The van der Waals surface area contributed by atoms with Crippen LogP contribution in [0.2, 0.25) is 0 Å². The lowest BCUT2D eigenvalue weighted by atomic mass is 10.1. The molecule has 0 aromatic heterocycles. The number of carbonyl (C=O) groups is 1. The third kappa shape index (κ3) is 3.66. The summed E-state index contributed by atoms with van der Waals surface area (Å²) >= 11 is 0. The average molecular weight is 198 g/mol. The fraction of sp³-hybridized carbons (Fsp3) is 0.909. The molecule has 1 aliphatic carbocycles. The number of nitrogens with one attached hydrogen (secondary N) is 1. The molecule has 3 N–H and O–H groups in total. The minimum Gasteiger partial charge on any atom is -0.354 e. The van der Waals surface area contributed by atoms with E-state index in [0.717, 1.165) is 25.8 Å². The highest BCUT2D eigenvalue weighted by atomic mass is 16.2. The Balaban J connectivity index is 2.13. The molecule has 3 heteroatoms. The monoisotopic (exact) mass is 198 g/mol. The molecular weight excluding hydrogens is 176 g/mol. The largest absolute Gasteiger partial charge is 0.354 e. The molecule has 82 valence electrons. The highest BCUT2D eigenvalue weighted by molar-refractivity contribution is 5.81. The molecule has 1 saturated carbocycles. The Morgan fingerprint density at radius 2 is 2.21 bits per heavy atom. The van der Waals surface area contributed by atoms with Gasteiger partial charge in [0.05, 0.1) is 6.04 Å². The van der Waals surface area contributed by atoms with Crippen LogP contribution in [0.4, 0.5) is 0 Å². The van der Waals surface area contributed by atoms with Crippen LogP contribution in [0.3, 0.4) is 0 Å². The van der Waals surface area contributed by atoms with Gasteiger partial charge in [0, 0.05) is 6.54 Å². The number of hydrogen-bond acceptors (Lipinski definition) is 2. The maximum atomic E-state index is 11.5. The molecule has 0 aromatic carbocycles. The zero-order chi connectivity index (χ0) is 10.6. The maximum Gasteiger partial charge on any atom is 0.236 e. The van der Waals surface area contributed by atoms with Gasteiger partial charge >= 0.3 is 0 Å². The lowest BCUT2D eigenvalue weighted by Crippen LogP contribution is -2.42. The number of unbranched alkanes of at least 4 members (excludes halogenated alkanes) is 1. The Kier molecular flexibility index (Phi) is 3.93. The van der Waals surface area contributed by atoms with Gasteiger partial charge < -0.3 is 11.1 Å². The van der Waals surface area contributed by atoms with E-state index in [-0.39, 0.29) is 11.9 Å². The Hall–Kier alpha value is -0.570. The summed E-state index contributed by atoms with van der Waals surface area (Å²) in [4.78, 5) is 11.5. The molecule has 1 fully saturated rings. The van der Waals surface area contributed by atoms with Gasteiger partial charge in [0.15, 0.2) is 0 Å². The summed E-state index contributed by atoms with van der Waals surface area (Å²) in [7, 11) is 0. The van der Waals surface area contributed by atoms with Crippen molar-refractivity contribution in [3.8, 4) is 0 Å². The molecular formula is C11H22N2O. The van der Waals surface area contributed by atoms with Crippen molar-refractivity contribution in [3.63, 3.8) is 0 Å². The van der Waals surface area contributed by atoms with Crippen molar-refractivity contribution < 1.29 is 4.79 Å². The second kappa shape index (κ2) is 4.78. The SMILES string of the molecule is CCCC[C@H](N)C(=O)NCC1(C)CC1. The topological polar surface area (TPSA) is 55.1 Å². The second-order valence-corrected chi connectivity index (χ2v) is 4.78. The van der Waals surface area contributed by atoms with Gasteiger partial charge in [-0.1, -0.05) is 26.7 Å². The molecule has 0 saturated heterocycles. The van der Waals surface area contributed by atoms with Gasteiger partial charge in [0.1, 0.15) is 0 Å². The molecule has 3 nitrogen and oxygen atoms in total. The highest BCUT2D eigenvalue weighted by Crippen LogP contribution is 2.43. The van der Waals surface area contributed by atoms with Gasteiger partial charge in [0.25, 0.3) is 0 Å². The van der Waals surface area contributed by atoms with Crippen molar-refractivity contribution in [1.82, 2.24) is 5.32 Å². The quantitative estimate of drug-likeness (QED) is 0.678. The molecule has 0 heterocycles. The van der Waals surface area contributed by atoms with Gasteiger partial charge in [-0.3, -0.25) is 4.79 Å². The standard InChI is InChI=1S/C11H22N2O/c1-3-4-5-9(12)10(14)13-8-11(2)6-7-11/h9H,3-8,12H2,1-2H3,(H,13,14)/t9-/m0/s1. The van der Waals surface area contributed by atoms with Gasteiger partial charge in [-0.2, -0.15) is 0 Å². The fourth-order valence-corrected chi connectivity index (χ4v) is 1.38. The normalized spacial score (nSPS) is 20.2. The second-order valence-electron chi connectivity index (χ2n) is 4.78. The maximum absolute atomic E-state index is 11.5. The Morgan fingerprint density at radius 1 is 1.57 bits per heavy atom. The number of amides is 1. The first-order valence-electron chi connectivity index (χ1n) is 5.61. The van der Waals surface area contributed by atoms with E-state index < -0.39 is 0 Å². The van der Waals surface area contributed by atoms with Crippen LogP contribution in [-0.2, 0) is 4.79 Å². The molecule has 0 spiro atoms. The Labute approximate surface area is 86.4 Å². The van der Waals surface area contributed by atoms with E-state index in [4.69, 9.17) is 5.73 Å². The summed E-state index contributed by atoms with van der Waals surface area (Å²) in [6.07, 6.45) is 5.40. The van der Waals surface area contributed by atoms with E-state index in [0.29, 0.717) is 5.41 Å². The molecule has 0 aromatic rings.